The van der Waals surface area contributed by atoms with Crippen LogP contribution in [0.15, 0.2) is 0 Å². The van der Waals surface area contributed by atoms with Gasteiger partial charge in [-0.25, -0.2) is 0 Å². The molecule has 1 aliphatic carbocycles. The monoisotopic (exact) mass is 225 g/mol. The molecule has 0 saturated heterocycles. The quantitative estimate of drug-likeness (QED) is 0.700. The van der Waals surface area contributed by atoms with E-state index in [1.165, 1.54) is 32.1 Å². The first-order valence-electron chi connectivity index (χ1n) is 7.05. The van der Waals surface area contributed by atoms with Crippen LogP contribution in [0.1, 0.15) is 65.7 Å². The van der Waals surface area contributed by atoms with Gasteiger partial charge < -0.3 is 4.90 Å². The summed E-state index contributed by atoms with van der Waals surface area (Å²) in [5.74, 6) is 0.654. The lowest BCUT2D eigenvalue weighted by Gasteiger charge is -2.35. The molecule has 1 fully saturated rings. The van der Waals surface area contributed by atoms with Crippen LogP contribution in [0.2, 0.25) is 0 Å². The van der Waals surface area contributed by atoms with E-state index >= 15 is 0 Å². The SMILES string of the molecule is CCC(CC)C(=O)N(CC)C1CCCCC1. The van der Waals surface area contributed by atoms with Gasteiger partial charge >= 0.3 is 0 Å². The van der Waals surface area contributed by atoms with E-state index in [1.54, 1.807) is 0 Å². The van der Waals surface area contributed by atoms with Gasteiger partial charge in [-0.05, 0) is 32.6 Å². The minimum absolute atomic E-state index is 0.252. The Labute approximate surface area is 100 Å². The fraction of sp³-hybridized carbons (Fsp3) is 0.929. The number of carbonyl (C=O) groups is 1. The first kappa shape index (κ1) is 13.5. The summed E-state index contributed by atoms with van der Waals surface area (Å²) in [7, 11) is 0. The molecule has 16 heavy (non-hydrogen) atoms. The van der Waals surface area contributed by atoms with E-state index in [0.29, 0.717) is 11.9 Å². The van der Waals surface area contributed by atoms with Crippen LogP contribution in [0.3, 0.4) is 0 Å². The van der Waals surface area contributed by atoms with Crippen molar-refractivity contribution in [3.63, 3.8) is 0 Å². The molecule has 94 valence electrons. The Morgan fingerprint density at radius 3 is 2.12 bits per heavy atom. The number of hydrogen-bond donors (Lipinski definition) is 0. The van der Waals surface area contributed by atoms with Crippen LogP contribution in [0.25, 0.3) is 0 Å². The number of rotatable bonds is 5. The molecule has 0 heterocycles. The van der Waals surface area contributed by atoms with Gasteiger partial charge in [0.2, 0.25) is 5.91 Å². The van der Waals surface area contributed by atoms with E-state index in [2.05, 4.69) is 25.7 Å². The average molecular weight is 225 g/mol. The Balaban J connectivity index is 2.60. The maximum absolute atomic E-state index is 12.4. The molecule has 0 spiro atoms. The Bertz CT molecular complexity index is 205. The molecule has 0 atom stereocenters. The van der Waals surface area contributed by atoms with Crippen LogP contribution >= 0.6 is 0 Å². The number of amides is 1. The summed E-state index contributed by atoms with van der Waals surface area (Å²) in [5, 5.41) is 0. The molecular weight excluding hydrogens is 198 g/mol. The topological polar surface area (TPSA) is 20.3 Å². The summed E-state index contributed by atoms with van der Waals surface area (Å²) in [5.41, 5.74) is 0. The molecule has 2 nitrogen and oxygen atoms in total. The predicted octanol–water partition coefficient (Wildman–Crippen LogP) is 3.60. The van der Waals surface area contributed by atoms with E-state index in [-0.39, 0.29) is 5.92 Å². The van der Waals surface area contributed by atoms with E-state index in [9.17, 15) is 4.79 Å². The molecule has 2 heteroatoms. The summed E-state index contributed by atoms with van der Waals surface area (Å²) in [6.07, 6.45) is 8.37. The zero-order chi connectivity index (χ0) is 12.0. The van der Waals surface area contributed by atoms with Gasteiger partial charge in [0.15, 0.2) is 0 Å². The lowest BCUT2D eigenvalue weighted by Crippen LogP contribution is -2.44. The van der Waals surface area contributed by atoms with Gasteiger partial charge in [-0.1, -0.05) is 33.1 Å². The maximum atomic E-state index is 12.4. The third-order valence-electron chi connectivity index (χ3n) is 3.97. The average Bonchev–Trinajstić information content (AvgIpc) is 2.33. The second-order valence-corrected chi connectivity index (χ2v) is 4.93. The minimum atomic E-state index is 0.252. The first-order chi connectivity index (χ1) is 7.74. The van der Waals surface area contributed by atoms with Gasteiger partial charge in [-0.3, -0.25) is 4.79 Å². The fourth-order valence-corrected chi connectivity index (χ4v) is 2.86. The van der Waals surface area contributed by atoms with Crippen LogP contribution in [0.4, 0.5) is 0 Å². The molecule has 0 aliphatic heterocycles. The zero-order valence-electron chi connectivity index (χ0n) is 11.2. The summed E-state index contributed by atoms with van der Waals surface area (Å²) in [4.78, 5) is 14.5. The highest BCUT2D eigenvalue weighted by molar-refractivity contribution is 5.79. The first-order valence-corrected chi connectivity index (χ1v) is 7.05. The zero-order valence-corrected chi connectivity index (χ0v) is 11.2. The van der Waals surface area contributed by atoms with Gasteiger partial charge in [-0.2, -0.15) is 0 Å². The Morgan fingerprint density at radius 1 is 1.12 bits per heavy atom. The van der Waals surface area contributed by atoms with E-state index in [4.69, 9.17) is 0 Å². The lowest BCUT2D eigenvalue weighted by molar-refractivity contribution is -0.138. The summed E-state index contributed by atoms with van der Waals surface area (Å²) < 4.78 is 0. The molecule has 1 rings (SSSR count). The second kappa shape index (κ2) is 6.93. The van der Waals surface area contributed by atoms with Crippen molar-refractivity contribution in [2.24, 2.45) is 5.92 Å². The molecule has 0 aromatic heterocycles. The van der Waals surface area contributed by atoms with Crippen LogP contribution in [-0.2, 0) is 4.79 Å². The van der Waals surface area contributed by atoms with Crippen LogP contribution in [-0.4, -0.2) is 23.4 Å². The highest BCUT2D eigenvalue weighted by atomic mass is 16.2. The minimum Gasteiger partial charge on any atom is -0.340 e. The van der Waals surface area contributed by atoms with Crippen molar-refractivity contribution < 1.29 is 4.79 Å². The van der Waals surface area contributed by atoms with Crippen molar-refractivity contribution >= 4 is 5.91 Å². The standard InChI is InChI=1S/C14H27NO/c1-4-12(5-2)14(16)15(6-3)13-10-8-7-9-11-13/h12-13H,4-11H2,1-3H3. The van der Waals surface area contributed by atoms with E-state index in [0.717, 1.165) is 19.4 Å². The number of hydrogen-bond acceptors (Lipinski definition) is 1. The van der Waals surface area contributed by atoms with E-state index < -0.39 is 0 Å². The van der Waals surface area contributed by atoms with Crippen LogP contribution < -0.4 is 0 Å². The predicted molar refractivity (Wildman–Crippen MR) is 68.3 cm³/mol. The molecule has 0 radical (unpaired) electrons. The Hall–Kier alpha value is -0.530. The van der Waals surface area contributed by atoms with Crippen molar-refractivity contribution in [3.05, 3.63) is 0 Å². The molecule has 1 aliphatic rings. The number of carbonyl (C=O) groups excluding carboxylic acids is 1. The van der Waals surface area contributed by atoms with Crippen LogP contribution in [0, 0.1) is 5.92 Å². The van der Waals surface area contributed by atoms with Gasteiger partial charge in [0.05, 0.1) is 0 Å². The van der Waals surface area contributed by atoms with Crippen molar-refractivity contribution in [1.82, 2.24) is 4.90 Å². The molecule has 0 bridgehead atoms. The van der Waals surface area contributed by atoms with Crippen molar-refractivity contribution in [2.75, 3.05) is 6.54 Å². The third-order valence-corrected chi connectivity index (χ3v) is 3.97. The Morgan fingerprint density at radius 2 is 1.69 bits per heavy atom. The summed E-state index contributed by atoms with van der Waals surface area (Å²) >= 11 is 0. The highest BCUT2D eigenvalue weighted by Gasteiger charge is 2.27. The molecule has 1 amide bonds. The molecule has 0 aromatic rings. The lowest BCUT2D eigenvalue weighted by atomic mass is 9.92. The van der Waals surface area contributed by atoms with Gasteiger partial charge in [-0.15, -0.1) is 0 Å². The second-order valence-electron chi connectivity index (χ2n) is 4.93. The van der Waals surface area contributed by atoms with Crippen molar-refractivity contribution in [3.8, 4) is 0 Å². The smallest absolute Gasteiger partial charge is 0.225 e. The largest absolute Gasteiger partial charge is 0.340 e. The van der Waals surface area contributed by atoms with Gasteiger partial charge in [0.1, 0.15) is 0 Å². The maximum Gasteiger partial charge on any atom is 0.225 e. The fourth-order valence-electron chi connectivity index (χ4n) is 2.86. The number of nitrogens with zero attached hydrogens (tertiary/aromatic N) is 1. The van der Waals surface area contributed by atoms with Crippen molar-refractivity contribution in [2.45, 2.75) is 71.8 Å². The molecular formula is C14H27NO. The van der Waals surface area contributed by atoms with Crippen LogP contribution in [0.5, 0.6) is 0 Å². The van der Waals surface area contributed by atoms with Crippen molar-refractivity contribution in [1.29, 1.82) is 0 Å². The Kier molecular flexibility index (Phi) is 5.86. The van der Waals surface area contributed by atoms with Gasteiger partial charge in [0, 0.05) is 18.5 Å². The third kappa shape index (κ3) is 3.23. The molecule has 0 unspecified atom stereocenters. The molecule has 1 saturated carbocycles. The molecule has 0 aromatic carbocycles. The van der Waals surface area contributed by atoms with Gasteiger partial charge in [0.25, 0.3) is 0 Å². The molecule has 0 N–H and O–H groups in total. The summed E-state index contributed by atoms with van der Waals surface area (Å²) in [6, 6.07) is 0.534. The summed E-state index contributed by atoms with van der Waals surface area (Å²) in [6.45, 7) is 7.26. The highest BCUT2D eigenvalue weighted by Crippen LogP contribution is 2.24. The normalized spacial score (nSPS) is 17.8. The van der Waals surface area contributed by atoms with E-state index in [1.807, 2.05) is 0 Å².